The number of benzene rings is 1. The van der Waals surface area contributed by atoms with Crippen LogP contribution in [0, 0.1) is 5.92 Å². The molecule has 0 saturated carbocycles. The van der Waals surface area contributed by atoms with Gasteiger partial charge in [0, 0.05) is 19.0 Å². The zero-order valence-electron chi connectivity index (χ0n) is 17.7. The molecule has 166 valence electrons. The van der Waals surface area contributed by atoms with Crippen LogP contribution < -0.4 is 5.32 Å². The van der Waals surface area contributed by atoms with Gasteiger partial charge in [0.25, 0.3) is 0 Å². The summed E-state index contributed by atoms with van der Waals surface area (Å²) in [5.74, 6) is 0.407. The largest absolute Gasteiger partial charge is 0.467 e. The number of nitrogens with zero attached hydrogens (tertiary/aromatic N) is 4. The second-order valence-electron chi connectivity index (χ2n) is 7.92. The van der Waals surface area contributed by atoms with Crippen molar-refractivity contribution >= 4 is 27.0 Å². The maximum Gasteiger partial charge on any atom is 0.243 e. The Morgan fingerprint density at radius 2 is 2.06 bits per heavy atom. The molecule has 3 aromatic rings. The number of nitrogens with one attached hydrogen (secondary N) is 1. The van der Waals surface area contributed by atoms with Gasteiger partial charge in [-0.3, -0.25) is 4.79 Å². The van der Waals surface area contributed by atoms with Crippen LogP contribution in [0.2, 0.25) is 0 Å². The van der Waals surface area contributed by atoms with Crippen LogP contribution in [0.5, 0.6) is 0 Å². The molecule has 1 N–H and O–H groups in total. The van der Waals surface area contributed by atoms with Crippen molar-refractivity contribution in [2.45, 2.75) is 50.6 Å². The number of carbonyl (C=O) groups is 1. The first-order valence-corrected chi connectivity index (χ1v) is 12.0. The lowest BCUT2D eigenvalue weighted by molar-refractivity contribution is -0.126. The zero-order valence-corrected chi connectivity index (χ0v) is 18.5. The molecule has 0 bridgehead atoms. The predicted octanol–water partition coefficient (Wildman–Crippen LogP) is 2.71. The van der Waals surface area contributed by atoms with Gasteiger partial charge in [0.2, 0.25) is 15.9 Å². The summed E-state index contributed by atoms with van der Waals surface area (Å²) >= 11 is 0. The first kappa shape index (κ1) is 21.5. The number of hydrogen-bond acceptors (Lipinski definition) is 6. The molecule has 1 aliphatic heterocycles. The molecule has 2 aromatic heterocycles. The van der Waals surface area contributed by atoms with E-state index in [4.69, 9.17) is 4.42 Å². The molecule has 4 rings (SSSR count). The molecule has 9 nitrogen and oxygen atoms in total. The number of aromatic nitrogens is 3. The number of fused-ring (bicyclic) bond motifs is 1. The molecule has 3 heterocycles. The Bertz CT molecular complexity index is 1150. The summed E-state index contributed by atoms with van der Waals surface area (Å²) in [6.07, 6.45) is 3.43. The topological polar surface area (TPSA) is 110 Å². The fourth-order valence-electron chi connectivity index (χ4n) is 3.82. The van der Waals surface area contributed by atoms with Gasteiger partial charge < -0.3 is 9.73 Å². The Morgan fingerprint density at radius 3 is 2.74 bits per heavy atom. The molecule has 1 aliphatic rings. The van der Waals surface area contributed by atoms with Crippen molar-refractivity contribution in [2.75, 3.05) is 13.1 Å². The maximum absolute atomic E-state index is 13.1. The molecule has 0 spiro atoms. The van der Waals surface area contributed by atoms with Gasteiger partial charge in [-0.25, -0.2) is 13.1 Å². The van der Waals surface area contributed by atoms with Crippen molar-refractivity contribution in [2.24, 2.45) is 5.92 Å². The third kappa shape index (κ3) is 4.35. The Labute approximate surface area is 181 Å². The highest BCUT2D eigenvalue weighted by atomic mass is 32.2. The fraction of sp³-hybridized carbons (Fsp3) is 0.476. The number of hydrogen-bond donors (Lipinski definition) is 1. The summed E-state index contributed by atoms with van der Waals surface area (Å²) in [5.41, 5.74) is 1.38. The lowest BCUT2D eigenvalue weighted by Gasteiger charge is -2.30. The second kappa shape index (κ2) is 8.80. The van der Waals surface area contributed by atoms with Gasteiger partial charge in [0.1, 0.15) is 11.3 Å². The summed E-state index contributed by atoms with van der Waals surface area (Å²) in [7, 11) is -3.66. The molecule has 0 aliphatic carbocycles. The van der Waals surface area contributed by atoms with Crippen molar-refractivity contribution in [3.63, 3.8) is 0 Å². The number of sulfonamides is 1. The Hall–Kier alpha value is -2.72. The van der Waals surface area contributed by atoms with E-state index in [0.717, 1.165) is 11.9 Å². The van der Waals surface area contributed by atoms with Crippen LogP contribution in [0.15, 0.2) is 45.9 Å². The predicted molar refractivity (Wildman–Crippen MR) is 115 cm³/mol. The first-order valence-electron chi connectivity index (χ1n) is 10.6. The van der Waals surface area contributed by atoms with Crippen LogP contribution in [-0.2, 0) is 21.4 Å². The van der Waals surface area contributed by atoms with Gasteiger partial charge in [-0.1, -0.05) is 12.1 Å². The van der Waals surface area contributed by atoms with Crippen molar-refractivity contribution in [1.29, 1.82) is 0 Å². The highest BCUT2D eigenvalue weighted by Crippen LogP contribution is 2.27. The molecule has 31 heavy (non-hydrogen) atoms. The quantitative estimate of drug-likeness (QED) is 0.599. The van der Waals surface area contributed by atoms with E-state index in [2.05, 4.69) is 22.6 Å². The normalized spacial score (nSPS) is 17.1. The SMILES string of the molecule is CCC(C)n1nnc2cc(S(=O)(=O)N3CCC(C(=O)NCc4ccco4)CC3)ccc21. The summed E-state index contributed by atoms with van der Waals surface area (Å²) in [5, 5.41) is 11.2. The zero-order chi connectivity index (χ0) is 22.0. The lowest BCUT2D eigenvalue weighted by Crippen LogP contribution is -2.42. The Balaban J connectivity index is 1.41. The van der Waals surface area contributed by atoms with Crippen LogP contribution in [0.1, 0.15) is 44.9 Å². The third-order valence-corrected chi connectivity index (χ3v) is 7.82. The van der Waals surface area contributed by atoms with Crippen molar-refractivity contribution in [3.8, 4) is 0 Å². The molecule has 1 saturated heterocycles. The maximum atomic E-state index is 13.1. The molecule has 1 fully saturated rings. The molecule has 1 aromatic carbocycles. The van der Waals surface area contributed by atoms with Crippen LogP contribution in [-0.4, -0.2) is 46.7 Å². The summed E-state index contributed by atoms with van der Waals surface area (Å²) in [6.45, 7) is 5.06. The number of rotatable bonds is 7. The van der Waals surface area contributed by atoms with Gasteiger partial charge >= 0.3 is 0 Å². The lowest BCUT2D eigenvalue weighted by atomic mass is 9.97. The summed E-state index contributed by atoms with van der Waals surface area (Å²) < 4.78 is 34.8. The van der Waals surface area contributed by atoms with E-state index in [1.165, 1.54) is 4.31 Å². The summed E-state index contributed by atoms with van der Waals surface area (Å²) in [6, 6.07) is 8.72. The molecular weight excluding hydrogens is 418 g/mol. The standard InChI is InChI=1S/C21H27N5O4S/c1-3-15(2)26-20-7-6-18(13-19(20)23-24-26)31(28,29)25-10-8-16(9-11-25)21(27)22-14-17-5-4-12-30-17/h4-7,12-13,15-16H,3,8-11,14H2,1-2H3,(H,22,27). The van der Waals surface area contributed by atoms with E-state index >= 15 is 0 Å². The number of piperidine rings is 1. The van der Waals surface area contributed by atoms with Gasteiger partial charge in [-0.15, -0.1) is 5.10 Å². The van der Waals surface area contributed by atoms with E-state index in [1.54, 1.807) is 36.6 Å². The molecule has 1 unspecified atom stereocenters. The Morgan fingerprint density at radius 1 is 1.29 bits per heavy atom. The van der Waals surface area contributed by atoms with E-state index in [1.807, 2.05) is 11.6 Å². The minimum atomic E-state index is -3.66. The first-order chi connectivity index (χ1) is 14.9. The highest BCUT2D eigenvalue weighted by Gasteiger charge is 2.32. The molecule has 1 amide bonds. The van der Waals surface area contributed by atoms with Gasteiger partial charge in [-0.2, -0.15) is 4.31 Å². The molecule has 0 radical (unpaired) electrons. The monoisotopic (exact) mass is 445 g/mol. The highest BCUT2D eigenvalue weighted by molar-refractivity contribution is 7.89. The van der Waals surface area contributed by atoms with Crippen molar-refractivity contribution in [3.05, 3.63) is 42.4 Å². The number of furan rings is 1. The van der Waals surface area contributed by atoms with E-state index < -0.39 is 10.0 Å². The second-order valence-corrected chi connectivity index (χ2v) is 9.86. The Kier molecular flexibility index (Phi) is 6.10. The van der Waals surface area contributed by atoms with Crippen LogP contribution >= 0.6 is 0 Å². The van der Waals surface area contributed by atoms with Crippen LogP contribution in [0.4, 0.5) is 0 Å². The third-order valence-electron chi connectivity index (χ3n) is 5.93. The number of carbonyl (C=O) groups excluding carboxylic acids is 1. The van der Waals surface area contributed by atoms with E-state index in [-0.39, 0.29) is 22.8 Å². The average Bonchev–Trinajstić information content (AvgIpc) is 3.46. The molecule has 10 heteroatoms. The van der Waals surface area contributed by atoms with Crippen LogP contribution in [0.3, 0.4) is 0 Å². The minimum Gasteiger partial charge on any atom is -0.467 e. The van der Waals surface area contributed by atoms with Crippen molar-refractivity contribution in [1.82, 2.24) is 24.6 Å². The average molecular weight is 446 g/mol. The van der Waals surface area contributed by atoms with Crippen LogP contribution in [0.25, 0.3) is 11.0 Å². The van der Waals surface area contributed by atoms with Crippen molar-refractivity contribution < 1.29 is 17.6 Å². The number of amides is 1. The van der Waals surface area contributed by atoms with Gasteiger partial charge in [0.05, 0.1) is 29.3 Å². The minimum absolute atomic E-state index is 0.0727. The van der Waals surface area contributed by atoms with E-state index in [0.29, 0.717) is 43.8 Å². The fourth-order valence-corrected chi connectivity index (χ4v) is 5.31. The summed E-state index contributed by atoms with van der Waals surface area (Å²) in [4.78, 5) is 12.6. The van der Waals surface area contributed by atoms with Gasteiger partial charge in [0.15, 0.2) is 0 Å². The molecular formula is C21H27N5O4S. The smallest absolute Gasteiger partial charge is 0.243 e. The van der Waals surface area contributed by atoms with E-state index in [9.17, 15) is 13.2 Å². The molecule has 1 atom stereocenters. The van der Waals surface area contributed by atoms with Gasteiger partial charge in [-0.05, 0) is 56.5 Å².